The first kappa shape index (κ1) is 13.2. The Hall–Kier alpha value is -1.84. The van der Waals surface area contributed by atoms with E-state index < -0.39 is 0 Å². The van der Waals surface area contributed by atoms with Crippen LogP contribution in [0.5, 0.6) is 0 Å². The molecule has 4 heteroatoms. The third-order valence-corrected chi connectivity index (χ3v) is 4.80. The molecule has 2 bridgehead atoms. The fraction of sp³-hybridized carbons (Fsp3) is 0.500. The van der Waals surface area contributed by atoms with Gasteiger partial charge in [-0.25, -0.2) is 0 Å². The zero-order valence-corrected chi connectivity index (χ0v) is 11.7. The minimum Gasteiger partial charge on any atom is -0.411 e. The number of benzene rings is 1. The monoisotopic (exact) mass is 272 g/mol. The van der Waals surface area contributed by atoms with Crippen LogP contribution >= 0.6 is 0 Å². The minimum atomic E-state index is 0.121. The van der Waals surface area contributed by atoms with Crippen LogP contribution in [0.1, 0.15) is 38.2 Å². The van der Waals surface area contributed by atoms with Gasteiger partial charge in [0.15, 0.2) is 0 Å². The van der Waals surface area contributed by atoms with Gasteiger partial charge in [0.05, 0.1) is 5.71 Å². The second-order valence-electron chi connectivity index (χ2n) is 6.00. The molecule has 1 aromatic carbocycles. The van der Waals surface area contributed by atoms with E-state index in [1.165, 1.54) is 19.3 Å². The van der Waals surface area contributed by atoms with Crippen molar-refractivity contribution in [2.75, 3.05) is 5.32 Å². The van der Waals surface area contributed by atoms with E-state index in [4.69, 9.17) is 5.21 Å². The Labute approximate surface area is 118 Å². The first-order valence-corrected chi connectivity index (χ1v) is 7.28. The molecule has 0 aliphatic heterocycles. The van der Waals surface area contributed by atoms with Crippen molar-refractivity contribution in [3.8, 4) is 0 Å². The van der Waals surface area contributed by atoms with E-state index >= 15 is 0 Å². The van der Waals surface area contributed by atoms with Gasteiger partial charge >= 0.3 is 0 Å². The van der Waals surface area contributed by atoms with Crippen LogP contribution in [0.2, 0.25) is 0 Å². The van der Waals surface area contributed by atoms with Crippen molar-refractivity contribution in [3.05, 3.63) is 29.8 Å². The van der Waals surface area contributed by atoms with Crippen molar-refractivity contribution in [1.29, 1.82) is 0 Å². The van der Waals surface area contributed by atoms with Gasteiger partial charge in [-0.05, 0) is 44.1 Å². The Morgan fingerprint density at radius 3 is 2.75 bits per heavy atom. The summed E-state index contributed by atoms with van der Waals surface area (Å²) in [6, 6.07) is 7.46. The lowest BCUT2D eigenvalue weighted by Gasteiger charge is -2.21. The number of hydrogen-bond acceptors (Lipinski definition) is 3. The molecule has 0 radical (unpaired) electrons. The molecule has 3 rings (SSSR count). The molecular weight excluding hydrogens is 252 g/mol. The third-order valence-electron chi connectivity index (χ3n) is 4.80. The van der Waals surface area contributed by atoms with Gasteiger partial charge in [-0.1, -0.05) is 29.8 Å². The van der Waals surface area contributed by atoms with Crippen molar-refractivity contribution in [3.63, 3.8) is 0 Å². The van der Waals surface area contributed by atoms with Crippen LogP contribution in [0, 0.1) is 17.8 Å². The Kier molecular flexibility index (Phi) is 3.47. The summed E-state index contributed by atoms with van der Waals surface area (Å²) < 4.78 is 0. The Balaban J connectivity index is 1.76. The summed E-state index contributed by atoms with van der Waals surface area (Å²) >= 11 is 0. The Morgan fingerprint density at radius 1 is 1.30 bits per heavy atom. The standard InChI is InChI=1S/C16H20N2O2/c1-10(18-20)13-4-2-3-5-15(13)17-16(19)14-9-11-6-7-12(14)8-11/h2-5,11-12,14,20H,6-9H2,1H3,(H,17,19)/b18-10-. The predicted octanol–water partition coefficient (Wildman–Crippen LogP) is 3.26. The fourth-order valence-corrected chi connectivity index (χ4v) is 3.75. The topological polar surface area (TPSA) is 61.7 Å². The number of carbonyl (C=O) groups is 1. The van der Waals surface area contributed by atoms with Crippen molar-refractivity contribution in [1.82, 2.24) is 0 Å². The molecule has 2 N–H and O–H groups in total. The van der Waals surface area contributed by atoms with Crippen LogP contribution < -0.4 is 5.32 Å². The van der Waals surface area contributed by atoms with Gasteiger partial charge in [-0.3, -0.25) is 4.79 Å². The Bertz CT molecular complexity index is 553. The van der Waals surface area contributed by atoms with Crippen LogP contribution in [0.15, 0.2) is 29.4 Å². The molecule has 0 saturated heterocycles. The summed E-state index contributed by atoms with van der Waals surface area (Å²) in [6.45, 7) is 1.72. The van der Waals surface area contributed by atoms with Gasteiger partial charge in [0.2, 0.25) is 5.91 Å². The summed E-state index contributed by atoms with van der Waals surface area (Å²) in [5.41, 5.74) is 2.01. The molecule has 20 heavy (non-hydrogen) atoms. The molecule has 106 valence electrons. The number of rotatable bonds is 3. The van der Waals surface area contributed by atoms with E-state index in [1.807, 2.05) is 24.3 Å². The van der Waals surface area contributed by atoms with Crippen LogP contribution in [-0.4, -0.2) is 16.8 Å². The first-order chi connectivity index (χ1) is 9.69. The smallest absolute Gasteiger partial charge is 0.227 e. The van der Waals surface area contributed by atoms with E-state index in [1.54, 1.807) is 6.92 Å². The van der Waals surface area contributed by atoms with Crippen molar-refractivity contribution in [2.45, 2.75) is 32.6 Å². The van der Waals surface area contributed by atoms with Gasteiger partial charge < -0.3 is 10.5 Å². The fourth-order valence-electron chi connectivity index (χ4n) is 3.75. The lowest BCUT2D eigenvalue weighted by Crippen LogP contribution is -2.27. The molecule has 1 aromatic rings. The number of nitrogens with zero attached hydrogens (tertiary/aromatic N) is 1. The van der Waals surface area contributed by atoms with Crippen molar-refractivity contribution >= 4 is 17.3 Å². The number of para-hydroxylation sites is 1. The molecule has 2 fully saturated rings. The number of fused-ring (bicyclic) bond motifs is 2. The van der Waals surface area contributed by atoms with Crippen LogP contribution in [0.4, 0.5) is 5.69 Å². The zero-order valence-electron chi connectivity index (χ0n) is 11.7. The van der Waals surface area contributed by atoms with Gasteiger partial charge in [-0.15, -0.1) is 0 Å². The lowest BCUT2D eigenvalue weighted by atomic mass is 9.88. The van der Waals surface area contributed by atoms with Crippen LogP contribution in [0.3, 0.4) is 0 Å². The highest BCUT2D eigenvalue weighted by molar-refractivity contribution is 6.06. The largest absolute Gasteiger partial charge is 0.411 e. The van der Waals surface area contributed by atoms with E-state index in [-0.39, 0.29) is 11.8 Å². The molecular formula is C16H20N2O2. The number of nitrogens with one attached hydrogen (secondary N) is 1. The van der Waals surface area contributed by atoms with E-state index in [9.17, 15) is 4.79 Å². The molecule has 3 atom stereocenters. The maximum atomic E-state index is 12.5. The maximum absolute atomic E-state index is 12.5. The second kappa shape index (κ2) is 5.27. The summed E-state index contributed by atoms with van der Waals surface area (Å²) in [4.78, 5) is 12.5. The van der Waals surface area contributed by atoms with E-state index in [2.05, 4.69) is 10.5 Å². The molecule has 0 heterocycles. The maximum Gasteiger partial charge on any atom is 0.227 e. The number of amides is 1. The number of hydrogen-bond donors (Lipinski definition) is 2. The molecule has 2 aliphatic carbocycles. The average molecular weight is 272 g/mol. The van der Waals surface area contributed by atoms with Crippen LogP contribution in [0.25, 0.3) is 0 Å². The summed E-state index contributed by atoms with van der Waals surface area (Å²) in [5.74, 6) is 1.61. The normalized spacial score (nSPS) is 28.6. The predicted molar refractivity (Wildman–Crippen MR) is 78.0 cm³/mol. The number of oxime groups is 1. The van der Waals surface area contributed by atoms with E-state index in [0.29, 0.717) is 11.6 Å². The molecule has 2 saturated carbocycles. The summed E-state index contributed by atoms with van der Waals surface area (Å²) in [6.07, 6.45) is 4.74. The first-order valence-electron chi connectivity index (χ1n) is 7.28. The van der Waals surface area contributed by atoms with Crippen molar-refractivity contribution < 1.29 is 10.0 Å². The minimum absolute atomic E-state index is 0.121. The van der Waals surface area contributed by atoms with Gasteiger partial charge in [0, 0.05) is 17.2 Å². The van der Waals surface area contributed by atoms with Gasteiger partial charge in [0.1, 0.15) is 0 Å². The highest BCUT2D eigenvalue weighted by Gasteiger charge is 2.43. The Morgan fingerprint density at radius 2 is 2.10 bits per heavy atom. The lowest BCUT2D eigenvalue weighted by molar-refractivity contribution is -0.121. The number of carbonyl (C=O) groups excluding carboxylic acids is 1. The SMILES string of the molecule is C/C(=N/O)c1ccccc1NC(=O)C1CC2CCC1C2. The molecule has 0 aromatic heterocycles. The quantitative estimate of drug-likeness (QED) is 0.504. The second-order valence-corrected chi connectivity index (χ2v) is 6.00. The number of anilines is 1. The highest BCUT2D eigenvalue weighted by Crippen LogP contribution is 2.48. The summed E-state index contributed by atoms with van der Waals surface area (Å²) in [7, 11) is 0. The third kappa shape index (κ3) is 2.30. The average Bonchev–Trinajstić information content (AvgIpc) is 3.09. The van der Waals surface area contributed by atoms with Crippen LogP contribution in [-0.2, 0) is 4.79 Å². The molecule has 3 unspecified atom stereocenters. The molecule has 2 aliphatic rings. The molecule has 4 nitrogen and oxygen atoms in total. The van der Waals surface area contributed by atoms with Gasteiger partial charge in [-0.2, -0.15) is 0 Å². The molecule has 0 spiro atoms. The van der Waals surface area contributed by atoms with E-state index in [0.717, 1.165) is 23.6 Å². The summed E-state index contributed by atoms with van der Waals surface area (Å²) in [5, 5.41) is 15.2. The highest BCUT2D eigenvalue weighted by atomic mass is 16.4. The van der Waals surface area contributed by atoms with Crippen molar-refractivity contribution in [2.24, 2.45) is 22.9 Å². The van der Waals surface area contributed by atoms with Gasteiger partial charge in [0.25, 0.3) is 0 Å². The molecule has 1 amide bonds. The zero-order chi connectivity index (χ0) is 14.1.